The number of hydrogen-bond donors (Lipinski definition) is 0. The van der Waals surface area contributed by atoms with E-state index in [0.717, 1.165) is 12.8 Å². The molecule has 2 aromatic heterocycles. The summed E-state index contributed by atoms with van der Waals surface area (Å²) in [5.41, 5.74) is -0.181. The molecule has 0 spiro atoms. The van der Waals surface area contributed by atoms with Gasteiger partial charge in [-0.3, -0.25) is 9.59 Å². The largest absolute Gasteiger partial charge is 0.339 e. The fraction of sp³-hybridized carbons (Fsp3) is 0.467. The molecule has 0 radical (unpaired) electrons. The van der Waals surface area contributed by atoms with E-state index < -0.39 is 0 Å². The normalized spacial score (nSPS) is 17.9. The second kappa shape index (κ2) is 6.13. The smallest absolute Gasteiger partial charge is 0.250 e. The molecule has 3 heterocycles. The van der Waals surface area contributed by atoms with Crippen LogP contribution in [0.25, 0.3) is 0 Å². The van der Waals surface area contributed by atoms with Gasteiger partial charge in [-0.15, -0.1) is 0 Å². The zero-order valence-electron chi connectivity index (χ0n) is 12.4. The first kappa shape index (κ1) is 14.5. The quantitative estimate of drug-likeness (QED) is 0.846. The van der Waals surface area contributed by atoms with Crippen molar-refractivity contribution in [3.8, 4) is 0 Å². The predicted octanol–water partition coefficient (Wildman–Crippen LogP) is 1.16. The number of rotatable bonds is 4. The molecule has 1 atom stereocenters. The molecule has 2 aromatic rings. The molecule has 1 aliphatic rings. The lowest BCUT2D eigenvalue weighted by Gasteiger charge is -2.22. The second-order valence-corrected chi connectivity index (χ2v) is 5.31. The summed E-state index contributed by atoms with van der Waals surface area (Å²) in [5, 5.41) is 3.98. The third-order valence-electron chi connectivity index (χ3n) is 3.86. The van der Waals surface area contributed by atoms with Crippen molar-refractivity contribution in [2.45, 2.75) is 38.8 Å². The van der Waals surface area contributed by atoms with E-state index in [0.29, 0.717) is 24.7 Å². The highest BCUT2D eigenvalue weighted by molar-refractivity contribution is 5.76. The molecule has 22 heavy (non-hydrogen) atoms. The molecule has 1 fully saturated rings. The number of amides is 1. The van der Waals surface area contributed by atoms with Crippen molar-refractivity contribution in [1.82, 2.24) is 19.6 Å². The molecule has 0 bridgehead atoms. The van der Waals surface area contributed by atoms with Gasteiger partial charge in [0.05, 0.1) is 6.04 Å². The van der Waals surface area contributed by atoms with Gasteiger partial charge < -0.3 is 14.0 Å². The van der Waals surface area contributed by atoms with Crippen LogP contribution < -0.4 is 5.56 Å². The van der Waals surface area contributed by atoms with Crippen LogP contribution in [-0.4, -0.2) is 32.1 Å². The maximum Gasteiger partial charge on any atom is 0.250 e. The van der Waals surface area contributed by atoms with E-state index in [4.69, 9.17) is 4.52 Å². The molecule has 3 rings (SSSR count). The van der Waals surface area contributed by atoms with Crippen LogP contribution in [0.15, 0.2) is 33.7 Å². The number of aryl methyl sites for hydroxylation is 1. The molecule has 1 amide bonds. The number of pyridine rings is 1. The Bertz CT molecular complexity index is 721. The van der Waals surface area contributed by atoms with Gasteiger partial charge >= 0.3 is 0 Å². The molecule has 7 heteroatoms. The minimum Gasteiger partial charge on any atom is -0.339 e. The summed E-state index contributed by atoms with van der Waals surface area (Å²) in [7, 11) is 0. The highest BCUT2D eigenvalue weighted by Gasteiger charge is 2.33. The maximum absolute atomic E-state index is 12.5. The highest BCUT2D eigenvalue weighted by atomic mass is 16.5. The van der Waals surface area contributed by atoms with E-state index in [1.54, 1.807) is 23.2 Å². The molecule has 7 nitrogen and oxygen atoms in total. The van der Waals surface area contributed by atoms with Crippen LogP contribution in [0.4, 0.5) is 0 Å². The molecule has 0 saturated carbocycles. The monoisotopic (exact) mass is 302 g/mol. The Morgan fingerprint density at radius 1 is 1.45 bits per heavy atom. The predicted molar refractivity (Wildman–Crippen MR) is 78.1 cm³/mol. The van der Waals surface area contributed by atoms with E-state index in [9.17, 15) is 9.59 Å². The number of likely N-dealkylation sites (tertiary alicyclic amines) is 1. The minimum atomic E-state index is -0.181. The third kappa shape index (κ3) is 2.79. The van der Waals surface area contributed by atoms with Crippen molar-refractivity contribution >= 4 is 5.91 Å². The summed E-state index contributed by atoms with van der Waals surface area (Å²) in [4.78, 5) is 30.3. The Labute approximate surface area is 127 Å². The number of carbonyl (C=O) groups excluding carboxylic acids is 1. The third-order valence-corrected chi connectivity index (χ3v) is 3.86. The lowest BCUT2D eigenvalue weighted by Crippen LogP contribution is -2.36. The van der Waals surface area contributed by atoms with Crippen molar-refractivity contribution in [1.29, 1.82) is 0 Å². The van der Waals surface area contributed by atoms with Gasteiger partial charge in [-0.2, -0.15) is 4.98 Å². The Balaban J connectivity index is 1.76. The topological polar surface area (TPSA) is 81.2 Å². The van der Waals surface area contributed by atoms with E-state index in [1.165, 1.54) is 10.6 Å². The maximum atomic E-state index is 12.5. The Hall–Kier alpha value is -2.44. The van der Waals surface area contributed by atoms with Crippen molar-refractivity contribution < 1.29 is 9.32 Å². The molecule has 0 N–H and O–H groups in total. The average Bonchev–Trinajstić information content (AvgIpc) is 3.17. The standard InChI is InChI=1S/C15H18N4O3/c1-2-12-16-15(17-22-12)11-6-5-9-19(11)14(21)10-18-8-4-3-7-13(18)20/h3-4,7-8,11H,2,5-6,9-10H2,1H3. The first-order chi connectivity index (χ1) is 10.7. The fourth-order valence-electron chi connectivity index (χ4n) is 2.71. The summed E-state index contributed by atoms with van der Waals surface area (Å²) >= 11 is 0. The number of hydrogen-bond acceptors (Lipinski definition) is 5. The molecule has 1 unspecified atom stereocenters. The van der Waals surface area contributed by atoms with Gasteiger partial charge in [-0.05, 0) is 18.9 Å². The average molecular weight is 302 g/mol. The fourth-order valence-corrected chi connectivity index (χ4v) is 2.71. The van der Waals surface area contributed by atoms with Gasteiger partial charge in [0.2, 0.25) is 11.8 Å². The van der Waals surface area contributed by atoms with Crippen LogP contribution in [0.5, 0.6) is 0 Å². The Morgan fingerprint density at radius 2 is 2.32 bits per heavy atom. The SMILES string of the molecule is CCc1nc(C2CCCN2C(=O)Cn2ccccc2=O)no1. The van der Waals surface area contributed by atoms with E-state index in [1.807, 2.05) is 6.92 Å². The van der Waals surface area contributed by atoms with Gasteiger partial charge in [-0.1, -0.05) is 18.1 Å². The molecular formula is C15H18N4O3. The van der Waals surface area contributed by atoms with Gasteiger partial charge in [0, 0.05) is 25.2 Å². The number of aromatic nitrogens is 3. The van der Waals surface area contributed by atoms with E-state index in [2.05, 4.69) is 10.1 Å². The number of carbonyl (C=O) groups is 1. The van der Waals surface area contributed by atoms with Crippen LogP contribution in [0, 0.1) is 0 Å². The van der Waals surface area contributed by atoms with Crippen LogP contribution in [-0.2, 0) is 17.8 Å². The zero-order chi connectivity index (χ0) is 15.5. The van der Waals surface area contributed by atoms with Crippen LogP contribution in [0.1, 0.15) is 37.5 Å². The van der Waals surface area contributed by atoms with Crippen LogP contribution in [0.3, 0.4) is 0 Å². The summed E-state index contributed by atoms with van der Waals surface area (Å²) in [6.45, 7) is 2.63. The lowest BCUT2D eigenvalue weighted by atomic mass is 10.2. The van der Waals surface area contributed by atoms with Crippen molar-refractivity contribution in [2.75, 3.05) is 6.54 Å². The zero-order valence-corrected chi connectivity index (χ0v) is 12.4. The van der Waals surface area contributed by atoms with Crippen molar-refractivity contribution in [2.24, 2.45) is 0 Å². The molecule has 0 aliphatic carbocycles. The summed E-state index contributed by atoms with van der Waals surface area (Å²) in [6.07, 6.45) is 4.01. The first-order valence-electron chi connectivity index (χ1n) is 7.46. The van der Waals surface area contributed by atoms with Crippen LogP contribution in [0.2, 0.25) is 0 Å². The molecule has 1 saturated heterocycles. The summed E-state index contributed by atoms with van der Waals surface area (Å²) in [5.74, 6) is 1.04. The van der Waals surface area contributed by atoms with E-state index >= 15 is 0 Å². The van der Waals surface area contributed by atoms with Gasteiger partial charge in [0.1, 0.15) is 6.54 Å². The van der Waals surface area contributed by atoms with Crippen molar-refractivity contribution in [3.63, 3.8) is 0 Å². The minimum absolute atomic E-state index is 0.0364. The molecule has 1 aliphatic heterocycles. The summed E-state index contributed by atoms with van der Waals surface area (Å²) < 4.78 is 6.55. The second-order valence-electron chi connectivity index (χ2n) is 5.31. The van der Waals surface area contributed by atoms with Gasteiger partial charge in [0.25, 0.3) is 5.56 Å². The molecule has 116 valence electrons. The first-order valence-corrected chi connectivity index (χ1v) is 7.46. The lowest BCUT2D eigenvalue weighted by molar-refractivity contribution is -0.133. The van der Waals surface area contributed by atoms with E-state index in [-0.39, 0.29) is 24.1 Å². The van der Waals surface area contributed by atoms with Crippen molar-refractivity contribution in [3.05, 3.63) is 46.5 Å². The highest BCUT2D eigenvalue weighted by Crippen LogP contribution is 2.30. The summed E-state index contributed by atoms with van der Waals surface area (Å²) in [6, 6.07) is 4.69. The van der Waals surface area contributed by atoms with Gasteiger partial charge in [0.15, 0.2) is 5.82 Å². The number of nitrogens with zero attached hydrogens (tertiary/aromatic N) is 4. The molecular weight excluding hydrogens is 284 g/mol. The Kier molecular flexibility index (Phi) is 4.04. The Morgan fingerprint density at radius 3 is 3.05 bits per heavy atom. The molecule has 0 aromatic carbocycles. The van der Waals surface area contributed by atoms with Gasteiger partial charge in [-0.25, -0.2) is 0 Å². The van der Waals surface area contributed by atoms with Crippen LogP contribution >= 0.6 is 0 Å².